The molecular weight excluding hydrogens is 288 g/mol. The standard InChI is InChI=1S/C15H14N2O5/c18-14(12-7-4-8-13(9-12)17(20)21)16-15(19)22-10-11-5-2-1-3-6-11/h1-9,14,18H,10H2,(H,16,19). The molecule has 114 valence electrons. The Hall–Kier alpha value is -2.93. The fraction of sp³-hybridized carbons (Fsp3) is 0.133. The van der Waals surface area contributed by atoms with Crippen molar-refractivity contribution in [2.45, 2.75) is 12.8 Å². The number of ether oxygens (including phenoxy) is 1. The summed E-state index contributed by atoms with van der Waals surface area (Å²) in [6, 6.07) is 14.4. The molecule has 7 nitrogen and oxygen atoms in total. The smallest absolute Gasteiger partial charge is 0.409 e. The second-order valence-corrected chi connectivity index (χ2v) is 4.46. The van der Waals surface area contributed by atoms with Crippen molar-refractivity contribution >= 4 is 11.8 Å². The first-order valence-corrected chi connectivity index (χ1v) is 6.46. The SMILES string of the molecule is O=C(NC(O)c1cccc([N+](=O)[O-])c1)OCc1ccccc1. The number of nitro benzene ring substituents is 1. The molecule has 0 saturated carbocycles. The van der Waals surface area contributed by atoms with Crippen molar-refractivity contribution in [2.24, 2.45) is 0 Å². The number of rotatable bonds is 5. The van der Waals surface area contributed by atoms with Crippen LogP contribution in [0.25, 0.3) is 0 Å². The van der Waals surface area contributed by atoms with Gasteiger partial charge in [-0.3, -0.25) is 15.4 Å². The summed E-state index contributed by atoms with van der Waals surface area (Å²) in [5.41, 5.74) is 0.837. The Morgan fingerprint density at radius 3 is 2.64 bits per heavy atom. The number of hydrogen-bond donors (Lipinski definition) is 2. The number of carbonyl (C=O) groups excluding carboxylic acids is 1. The van der Waals surface area contributed by atoms with Crippen LogP contribution in [-0.4, -0.2) is 16.1 Å². The zero-order chi connectivity index (χ0) is 15.9. The normalized spacial score (nSPS) is 11.5. The van der Waals surface area contributed by atoms with Crippen LogP contribution in [-0.2, 0) is 11.3 Å². The van der Waals surface area contributed by atoms with Gasteiger partial charge in [-0.2, -0.15) is 0 Å². The molecule has 0 aliphatic heterocycles. The van der Waals surface area contributed by atoms with Gasteiger partial charge in [-0.05, 0) is 5.56 Å². The molecule has 0 aromatic heterocycles. The molecule has 0 aliphatic carbocycles. The van der Waals surface area contributed by atoms with Crippen LogP contribution in [0.5, 0.6) is 0 Å². The van der Waals surface area contributed by atoms with Crippen molar-refractivity contribution in [3.63, 3.8) is 0 Å². The van der Waals surface area contributed by atoms with E-state index < -0.39 is 17.2 Å². The maximum absolute atomic E-state index is 11.6. The number of benzene rings is 2. The van der Waals surface area contributed by atoms with Crippen LogP contribution in [0.4, 0.5) is 10.5 Å². The summed E-state index contributed by atoms with van der Waals surface area (Å²) in [7, 11) is 0. The number of nitrogens with one attached hydrogen (secondary N) is 1. The van der Waals surface area contributed by atoms with E-state index in [1.165, 1.54) is 24.3 Å². The Labute approximate surface area is 126 Å². The number of carbonyl (C=O) groups is 1. The number of hydrogen-bond acceptors (Lipinski definition) is 5. The maximum Gasteiger partial charge on any atom is 0.409 e. The van der Waals surface area contributed by atoms with Crippen molar-refractivity contribution in [1.29, 1.82) is 0 Å². The van der Waals surface area contributed by atoms with E-state index in [1.807, 2.05) is 18.2 Å². The van der Waals surface area contributed by atoms with Gasteiger partial charge in [0.2, 0.25) is 0 Å². The number of amides is 1. The van der Waals surface area contributed by atoms with Crippen LogP contribution < -0.4 is 5.32 Å². The lowest BCUT2D eigenvalue weighted by Crippen LogP contribution is -2.28. The van der Waals surface area contributed by atoms with Crippen molar-refractivity contribution in [3.05, 3.63) is 75.8 Å². The van der Waals surface area contributed by atoms with Crippen molar-refractivity contribution in [1.82, 2.24) is 5.32 Å². The maximum atomic E-state index is 11.6. The number of non-ortho nitro benzene ring substituents is 1. The van der Waals surface area contributed by atoms with Gasteiger partial charge < -0.3 is 9.84 Å². The van der Waals surface area contributed by atoms with E-state index in [0.717, 1.165) is 5.56 Å². The summed E-state index contributed by atoms with van der Waals surface area (Å²) in [5.74, 6) is 0. The molecule has 0 aliphatic rings. The second kappa shape index (κ2) is 7.19. The molecule has 0 fully saturated rings. The average Bonchev–Trinajstić information content (AvgIpc) is 2.54. The molecule has 0 saturated heterocycles. The van der Waals surface area contributed by atoms with Gasteiger partial charge in [0.05, 0.1) is 4.92 Å². The summed E-state index contributed by atoms with van der Waals surface area (Å²) in [6.45, 7) is 0.0638. The molecule has 22 heavy (non-hydrogen) atoms. The molecule has 7 heteroatoms. The minimum atomic E-state index is -1.39. The Morgan fingerprint density at radius 1 is 1.23 bits per heavy atom. The highest BCUT2D eigenvalue weighted by molar-refractivity contribution is 5.67. The van der Waals surface area contributed by atoms with E-state index in [9.17, 15) is 20.0 Å². The molecule has 2 aromatic rings. The largest absolute Gasteiger partial charge is 0.445 e. The minimum absolute atomic E-state index is 0.0638. The third-order valence-corrected chi connectivity index (χ3v) is 2.86. The monoisotopic (exact) mass is 302 g/mol. The fourth-order valence-electron chi connectivity index (χ4n) is 1.77. The van der Waals surface area contributed by atoms with Gasteiger partial charge >= 0.3 is 6.09 Å². The first-order chi connectivity index (χ1) is 10.6. The molecule has 1 atom stereocenters. The van der Waals surface area contributed by atoms with E-state index in [1.54, 1.807) is 12.1 Å². The highest BCUT2D eigenvalue weighted by Gasteiger charge is 2.15. The molecule has 0 heterocycles. The van der Waals surface area contributed by atoms with Gasteiger partial charge in [0.1, 0.15) is 6.61 Å². The third-order valence-electron chi connectivity index (χ3n) is 2.86. The fourth-order valence-corrected chi connectivity index (χ4v) is 1.77. The van der Waals surface area contributed by atoms with Gasteiger partial charge in [0, 0.05) is 17.7 Å². The molecule has 1 unspecified atom stereocenters. The summed E-state index contributed by atoms with van der Waals surface area (Å²) in [5, 5.41) is 22.7. The van der Waals surface area contributed by atoms with Crippen LogP contribution in [0.15, 0.2) is 54.6 Å². The van der Waals surface area contributed by atoms with E-state index in [2.05, 4.69) is 5.32 Å². The van der Waals surface area contributed by atoms with Crippen molar-refractivity contribution in [3.8, 4) is 0 Å². The van der Waals surface area contributed by atoms with Gasteiger partial charge in [-0.1, -0.05) is 42.5 Å². The van der Waals surface area contributed by atoms with E-state index >= 15 is 0 Å². The molecule has 1 amide bonds. The molecule has 2 aromatic carbocycles. The molecule has 2 N–H and O–H groups in total. The van der Waals surface area contributed by atoms with Crippen molar-refractivity contribution in [2.75, 3.05) is 0 Å². The minimum Gasteiger partial charge on any atom is -0.445 e. The lowest BCUT2D eigenvalue weighted by Gasteiger charge is -2.13. The molecule has 0 radical (unpaired) electrons. The lowest BCUT2D eigenvalue weighted by atomic mass is 10.2. The predicted octanol–water partition coefficient (Wildman–Crippen LogP) is 2.51. The highest BCUT2D eigenvalue weighted by atomic mass is 16.6. The lowest BCUT2D eigenvalue weighted by molar-refractivity contribution is -0.385. The van der Waals surface area contributed by atoms with E-state index in [-0.39, 0.29) is 17.9 Å². The summed E-state index contributed by atoms with van der Waals surface area (Å²) in [6.07, 6.45) is -2.20. The number of nitrogens with zero attached hydrogens (tertiary/aromatic N) is 1. The van der Waals surface area contributed by atoms with Crippen LogP contribution >= 0.6 is 0 Å². The number of aliphatic hydroxyl groups is 1. The van der Waals surface area contributed by atoms with Gasteiger partial charge in [0.25, 0.3) is 5.69 Å². The van der Waals surface area contributed by atoms with E-state index in [4.69, 9.17) is 4.74 Å². The Morgan fingerprint density at radius 2 is 1.95 bits per heavy atom. The van der Waals surface area contributed by atoms with Crippen LogP contribution in [0.2, 0.25) is 0 Å². The molecule has 2 rings (SSSR count). The van der Waals surface area contributed by atoms with Crippen LogP contribution in [0.3, 0.4) is 0 Å². The Bertz CT molecular complexity index is 660. The third kappa shape index (κ3) is 4.29. The zero-order valence-corrected chi connectivity index (χ0v) is 11.5. The topological polar surface area (TPSA) is 102 Å². The van der Waals surface area contributed by atoms with Gasteiger partial charge in [-0.15, -0.1) is 0 Å². The number of alkyl carbamates (subject to hydrolysis) is 1. The van der Waals surface area contributed by atoms with E-state index in [0.29, 0.717) is 0 Å². The quantitative estimate of drug-likeness (QED) is 0.502. The zero-order valence-electron chi connectivity index (χ0n) is 11.5. The number of nitro groups is 1. The van der Waals surface area contributed by atoms with Crippen LogP contribution in [0, 0.1) is 10.1 Å². The number of aliphatic hydroxyl groups excluding tert-OH is 1. The molecule has 0 spiro atoms. The van der Waals surface area contributed by atoms with Crippen LogP contribution in [0.1, 0.15) is 17.4 Å². The first kappa shape index (κ1) is 15.5. The summed E-state index contributed by atoms with van der Waals surface area (Å²) < 4.78 is 4.95. The molecular formula is C15H14N2O5. The molecule has 0 bridgehead atoms. The average molecular weight is 302 g/mol. The Kier molecular flexibility index (Phi) is 5.05. The predicted molar refractivity (Wildman–Crippen MR) is 77.8 cm³/mol. The first-order valence-electron chi connectivity index (χ1n) is 6.46. The Balaban J connectivity index is 1.91. The summed E-state index contributed by atoms with van der Waals surface area (Å²) in [4.78, 5) is 21.7. The highest BCUT2D eigenvalue weighted by Crippen LogP contribution is 2.17. The van der Waals surface area contributed by atoms with Gasteiger partial charge in [-0.25, -0.2) is 4.79 Å². The van der Waals surface area contributed by atoms with Crippen molar-refractivity contribution < 1.29 is 19.6 Å². The second-order valence-electron chi connectivity index (χ2n) is 4.46. The summed E-state index contributed by atoms with van der Waals surface area (Å²) >= 11 is 0. The van der Waals surface area contributed by atoms with Gasteiger partial charge in [0.15, 0.2) is 6.23 Å².